The molecule has 1 saturated heterocycles. The fourth-order valence-electron chi connectivity index (χ4n) is 3.16. The molecule has 0 aromatic carbocycles. The van der Waals surface area contributed by atoms with Crippen LogP contribution in [-0.2, 0) is 14.3 Å². The third-order valence-corrected chi connectivity index (χ3v) is 4.96. The highest BCUT2D eigenvalue weighted by Gasteiger charge is 2.53. The first-order valence-electron chi connectivity index (χ1n) is 13.9. The van der Waals surface area contributed by atoms with Crippen LogP contribution in [0.25, 0.3) is 0 Å². The van der Waals surface area contributed by atoms with Gasteiger partial charge in [-0.1, -0.05) is 93.4 Å². The second-order valence-corrected chi connectivity index (χ2v) is 9.37. The summed E-state index contributed by atoms with van der Waals surface area (Å²) < 4.78 is 10.8. The van der Waals surface area contributed by atoms with Crippen LogP contribution in [0.1, 0.15) is 123 Å². The predicted molar refractivity (Wildman–Crippen MR) is 155 cm³/mol. The molecule has 1 aliphatic heterocycles. The number of nitrogens with zero attached hydrogens (tertiary/aromatic N) is 1. The Labute approximate surface area is 220 Å². The van der Waals surface area contributed by atoms with E-state index in [0.717, 1.165) is 19.7 Å². The molecule has 2 unspecified atom stereocenters. The van der Waals surface area contributed by atoms with Gasteiger partial charge in [0, 0.05) is 12.6 Å². The van der Waals surface area contributed by atoms with Crippen molar-refractivity contribution < 1.29 is 19.4 Å². The van der Waals surface area contributed by atoms with E-state index >= 15 is 0 Å². The van der Waals surface area contributed by atoms with E-state index in [2.05, 4.69) is 38.3 Å². The molecule has 1 aliphatic carbocycles. The number of hydrogen-bond acceptors (Lipinski definition) is 4. The van der Waals surface area contributed by atoms with E-state index in [1.54, 1.807) is 13.8 Å². The van der Waals surface area contributed by atoms with Crippen molar-refractivity contribution in [3.05, 3.63) is 24.5 Å². The van der Waals surface area contributed by atoms with Crippen molar-refractivity contribution >= 4 is 5.97 Å². The Morgan fingerprint density at radius 3 is 1.86 bits per heavy atom. The van der Waals surface area contributed by atoms with Gasteiger partial charge in [-0.2, -0.15) is 0 Å². The van der Waals surface area contributed by atoms with Gasteiger partial charge in [-0.15, -0.1) is 0 Å². The van der Waals surface area contributed by atoms with Gasteiger partial charge in [0.2, 0.25) is 0 Å². The summed E-state index contributed by atoms with van der Waals surface area (Å²) >= 11 is 0. The van der Waals surface area contributed by atoms with E-state index < -0.39 is 5.97 Å². The smallest absolute Gasteiger partial charge is 0.305 e. The number of likely N-dealkylation sites (N-methyl/N-ethyl adjacent to an activating group) is 1. The summed E-state index contributed by atoms with van der Waals surface area (Å²) in [7, 11) is 0. The number of carboxylic acid groups (broad SMARTS) is 1. The van der Waals surface area contributed by atoms with Crippen molar-refractivity contribution in [2.45, 2.75) is 140 Å². The van der Waals surface area contributed by atoms with E-state index in [9.17, 15) is 4.79 Å². The van der Waals surface area contributed by atoms with Crippen molar-refractivity contribution in [1.29, 1.82) is 0 Å². The largest absolute Gasteiger partial charge is 0.496 e. The number of aliphatic carboxylic acids is 1. The van der Waals surface area contributed by atoms with Crippen LogP contribution in [-0.4, -0.2) is 52.9 Å². The van der Waals surface area contributed by atoms with Crippen LogP contribution in [0.5, 0.6) is 0 Å². The van der Waals surface area contributed by atoms with Crippen LogP contribution in [0.3, 0.4) is 0 Å². The van der Waals surface area contributed by atoms with Gasteiger partial charge < -0.3 is 14.6 Å². The zero-order valence-electron chi connectivity index (χ0n) is 26.1. The van der Waals surface area contributed by atoms with Crippen LogP contribution in [0, 0.1) is 5.92 Å². The Kier molecular flexibility index (Phi) is 28.4. The lowest BCUT2D eigenvalue weighted by Gasteiger charge is -2.37. The van der Waals surface area contributed by atoms with Gasteiger partial charge in [0.25, 0.3) is 0 Å². The average Bonchev–Trinajstić information content (AvgIpc) is 3.59. The minimum absolute atomic E-state index is 0.0677. The second-order valence-electron chi connectivity index (χ2n) is 9.37. The first kappa shape index (κ1) is 40.8. The molecule has 35 heavy (non-hydrogen) atoms. The maximum Gasteiger partial charge on any atom is 0.305 e. The van der Waals surface area contributed by atoms with E-state index in [0.29, 0.717) is 6.04 Å². The molecular weight excluding hydrogens is 438 g/mol. The highest BCUT2D eigenvalue weighted by atomic mass is 16.6. The van der Waals surface area contributed by atoms with Crippen molar-refractivity contribution in [2.75, 3.05) is 19.7 Å². The summed E-state index contributed by atoms with van der Waals surface area (Å²) in [5.41, 5.74) is 1.60. The number of allylic oxidation sites excluding steroid dienone is 1. The lowest BCUT2D eigenvalue weighted by Crippen LogP contribution is -2.47. The predicted octanol–water partition coefficient (Wildman–Crippen LogP) is 8.74. The number of carbonyl (C=O) groups is 1. The van der Waals surface area contributed by atoms with Crippen molar-refractivity contribution in [3.63, 3.8) is 0 Å². The standard InChI is InChI=1S/C14H25NO.C6H12O.C4H8O2.3C2H6/c1-4-15(10-8-12(2)3)13-7-5-6-9-14(13)11-16-14;1-5-7-6(2,3)4;1-3(2)4(5)6;3*1-2/h8,13H,4-7,9-11H2,1-3H3;5H,1H2,2-4H3;3H,1-2H3,(H,5,6);3*1-2H3. The van der Waals surface area contributed by atoms with Gasteiger partial charge in [-0.3, -0.25) is 9.69 Å². The molecule has 0 bridgehead atoms. The summed E-state index contributed by atoms with van der Waals surface area (Å²) in [4.78, 5) is 12.3. The first-order chi connectivity index (χ1) is 16.4. The normalized spacial score (nSPS) is 19.4. The molecule has 1 N–H and O–H groups in total. The Hall–Kier alpha value is -1.33. The second kappa shape index (κ2) is 24.4. The molecule has 2 fully saturated rings. The van der Waals surface area contributed by atoms with Gasteiger partial charge in [0.15, 0.2) is 0 Å². The van der Waals surface area contributed by atoms with E-state index in [1.807, 2.05) is 62.3 Å². The van der Waals surface area contributed by atoms with E-state index in [1.165, 1.54) is 37.5 Å². The molecular formula is C30H63NO4. The highest BCUT2D eigenvalue weighted by molar-refractivity contribution is 5.68. The van der Waals surface area contributed by atoms with Crippen LogP contribution < -0.4 is 0 Å². The molecule has 0 amide bonds. The maximum atomic E-state index is 9.70. The summed E-state index contributed by atoms with van der Waals surface area (Å²) in [6.45, 7) is 34.5. The Morgan fingerprint density at radius 2 is 1.60 bits per heavy atom. The molecule has 0 radical (unpaired) electrons. The zero-order valence-corrected chi connectivity index (χ0v) is 26.1. The van der Waals surface area contributed by atoms with Crippen LogP contribution in [0.15, 0.2) is 24.5 Å². The topological polar surface area (TPSA) is 62.3 Å². The number of epoxide rings is 1. The summed E-state index contributed by atoms with van der Waals surface area (Å²) in [6.07, 6.45) is 9.14. The Bertz CT molecular complexity index is 513. The lowest BCUT2D eigenvalue weighted by atomic mass is 9.83. The molecule has 2 atom stereocenters. The highest BCUT2D eigenvalue weighted by Crippen LogP contribution is 2.44. The van der Waals surface area contributed by atoms with E-state index in [-0.39, 0.29) is 17.1 Å². The molecule has 0 aromatic heterocycles. The quantitative estimate of drug-likeness (QED) is 0.224. The molecule has 1 heterocycles. The van der Waals surface area contributed by atoms with Gasteiger partial charge >= 0.3 is 5.97 Å². The fourth-order valence-corrected chi connectivity index (χ4v) is 3.16. The molecule has 2 aliphatic rings. The van der Waals surface area contributed by atoms with Gasteiger partial charge in [0.1, 0.15) is 5.60 Å². The summed E-state index contributed by atoms with van der Waals surface area (Å²) in [6, 6.07) is 0.668. The molecule has 5 nitrogen and oxygen atoms in total. The zero-order chi connectivity index (χ0) is 28.7. The number of hydrogen-bond donors (Lipinski definition) is 1. The van der Waals surface area contributed by atoms with Crippen molar-refractivity contribution in [1.82, 2.24) is 4.90 Å². The third kappa shape index (κ3) is 22.9. The van der Waals surface area contributed by atoms with Crippen molar-refractivity contribution in [3.8, 4) is 0 Å². The monoisotopic (exact) mass is 501 g/mol. The van der Waals surface area contributed by atoms with Gasteiger partial charge in [-0.05, 0) is 54.0 Å². The Morgan fingerprint density at radius 1 is 1.14 bits per heavy atom. The third-order valence-electron chi connectivity index (χ3n) is 4.96. The van der Waals surface area contributed by atoms with Crippen LogP contribution in [0.4, 0.5) is 0 Å². The molecule has 5 heteroatoms. The maximum absolute atomic E-state index is 9.70. The number of rotatable bonds is 6. The SMILES string of the molecule is C=COC(C)(C)C.CC.CC.CC.CC(C)C(=O)O.CCN(CC=C(C)C)C1CCCCC12CO2. The molecule has 212 valence electrons. The lowest BCUT2D eigenvalue weighted by molar-refractivity contribution is -0.140. The minimum Gasteiger partial charge on any atom is -0.496 e. The summed E-state index contributed by atoms with van der Waals surface area (Å²) in [5.74, 6) is -0.972. The van der Waals surface area contributed by atoms with Gasteiger partial charge in [-0.25, -0.2) is 0 Å². The fraction of sp³-hybridized carbons (Fsp3) is 0.833. The summed E-state index contributed by atoms with van der Waals surface area (Å²) in [5, 5.41) is 7.99. The average molecular weight is 502 g/mol. The van der Waals surface area contributed by atoms with E-state index in [4.69, 9.17) is 14.6 Å². The molecule has 1 spiro atoms. The Balaban J connectivity index is -0.000000213. The van der Waals surface area contributed by atoms with Gasteiger partial charge in [0.05, 0.1) is 24.4 Å². The molecule has 0 aromatic rings. The van der Waals surface area contributed by atoms with Crippen LogP contribution >= 0.6 is 0 Å². The van der Waals surface area contributed by atoms with Crippen molar-refractivity contribution in [2.24, 2.45) is 5.92 Å². The molecule has 2 rings (SSSR count). The molecule has 1 saturated carbocycles. The number of ether oxygens (including phenoxy) is 2. The first-order valence-corrected chi connectivity index (χ1v) is 13.9. The minimum atomic E-state index is -0.741. The van der Waals surface area contributed by atoms with Crippen LogP contribution in [0.2, 0.25) is 0 Å². The number of carboxylic acids is 1.